The number of hydrogen-bond donors (Lipinski definition) is 2. The number of amides is 1. The highest BCUT2D eigenvalue weighted by molar-refractivity contribution is 5.95. The molecule has 1 amide bonds. The highest BCUT2D eigenvalue weighted by Gasteiger charge is 2.15. The van der Waals surface area contributed by atoms with E-state index in [9.17, 15) is 4.79 Å². The molecule has 1 aromatic heterocycles. The summed E-state index contributed by atoms with van der Waals surface area (Å²) in [6, 6.07) is 21.5. The summed E-state index contributed by atoms with van der Waals surface area (Å²) >= 11 is 0. The van der Waals surface area contributed by atoms with Gasteiger partial charge in [0.05, 0.1) is 24.6 Å². The lowest BCUT2D eigenvalue weighted by Gasteiger charge is -2.30. The summed E-state index contributed by atoms with van der Waals surface area (Å²) in [5, 5.41) is 6.32. The lowest BCUT2D eigenvalue weighted by molar-refractivity contribution is 0.0951. The Hall–Kier alpha value is -3.38. The number of rotatable bonds is 6. The first kappa shape index (κ1) is 19.0. The summed E-state index contributed by atoms with van der Waals surface area (Å²) in [7, 11) is 0. The zero-order valence-corrected chi connectivity index (χ0v) is 16.2. The maximum atomic E-state index is 12.5. The van der Waals surface area contributed by atoms with Crippen molar-refractivity contribution in [2.45, 2.75) is 6.54 Å². The predicted octanol–water partition coefficient (Wildman–Crippen LogP) is 3.59. The van der Waals surface area contributed by atoms with Crippen LogP contribution >= 0.6 is 0 Å². The number of morpholine rings is 1. The van der Waals surface area contributed by atoms with Crippen molar-refractivity contribution in [3.05, 3.63) is 84.1 Å². The van der Waals surface area contributed by atoms with Crippen molar-refractivity contribution >= 4 is 23.1 Å². The molecule has 1 aliphatic rings. The highest BCUT2D eigenvalue weighted by atomic mass is 16.5. The van der Waals surface area contributed by atoms with Crippen LogP contribution in [0.3, 0.4) is 0 Å². The molecule has 3 aromatic rings. The Balaban J connectivity index is 1.46. The van der Waals surface area contributed by atoms with E-state index in [4.69, 9.17) is 4.74 Å². The number of nitrogens with zero attached hydrogens (tertiary/aromatic N) is 2. The monoisotopic (exact) mass is 388 g/mol. The van der Waals surface area contributed by atoms with Gasteiger partial charge in [-0.3, -0.25) is 4.79 Å². The standard InChI is InChI=1S/C23H24N4O2/c28-23(25-17-18-6-2-1-3-7-18)19-10-11-24-22(16-19)26-20-8-4-5-9-21(20)27-12-14-29-15-13-27/h1-11,16H,12-15,17H2,(H,24,26)(H,25,28). The third kappa shape index (κ3) is 4.92. The second-order valence-corrected chi connectivity index (χ2v) is 6.84. The third-order valence-electron chi connectivity index (χ3n) is 4.84. The fraction of sp³-hybridized carbons (Fsp3) is 0.217. The first-order valence-electron chi connectivity index (χ1n) is 9.76. The fourth-order valence-corrected chi connectivity index (χ4v) is 3.32. The van der Waals surface area contributed by atoms with Crippen molar-refractivity contribution in [1.29, 1.82) is 0 Å². The Bertz CT molecular complexity index is 956. The number of ether oxygens (including phenoxy) is 1. The third-order valence-corrected chi connectivity index (χ3v) is 4.84. The number of carbonyl (C=O) groups is 1. The minimum Gasteiger partial charge on any atom is -0.378 e. The van der Waals surface area contributed by atoms with E-state index in [1.807, 2.05) is 48.5 Å². The van der Waals surface area contributed by atoms with E-state index in [2.05, 4.69) is 26.6 Å². The van der Waals surface area contributed by atoms with Gasteiger partial charge in [0.25, 0.3) is 5.91 Å². The molecule has 2 N–H and O–H groups in total. The lowest BCUT2D eigenvalue weighted by atomic mass is 10.2. The number of nitrogens with one attached hydrogen (secondary N) is 2. The average molecular weight is 388 g/mol. The SMILES string of the molecule is O=C(NCc1ccccc1)c1ccnc(Nc2ccccc2N2CCOCC2)c1. The molecular formula is C23H24N4O2. The molecule has 6 heteroatoms. The molecule has 0 spiro atoms. The van der Waals surface area contributed by atoms with Crippen LogP contribution in [0, 0.1) is 0 Å². The molecule has 4 rings (SSSR count). The highest BCUT2D eigenvalue weighted by Crippen LogP contribution is 2.28. The van der Waals surface area contributed by atoms with Crippen LogP contribution < -0.4 is 15.5 Å². The Kier molecular flexibility index (Phi) is 6.02. The summed E-state index contributed by atoms with van der Waals surface area (Å²) in [5.41, 5.74) is 3.70. The first-order chi connectivity index (χ1) is 14.3. The molecule has 2 aromatic carbocycles. The molecule has 1 saturated heterocycles. The summed E-state index contributed by atoms with van der Waals surface area (Å²) in [6.45, 7) is 3.65. The molecule has 0 atom stereocenters. The number of hydrogen-bond acceptors (Lipinski definition) is 5. The summed E-state index contributed by atoms with van der Waals surface area (Å²) in [5.74, 6) is 0.513. The number of carbonyl (C=O) groups excluding carboxylic acids is 1. The summed E-state index contributed by atoms with van der Waals surface area (Å²) in [4.78, 5) is 19.2. The molecule has 6 nitrogen and oxygen atoms in total. The van der Waals surface area contributed by atoms with Gasteiger partial charge in [-0.2, -0.15) is 0 Å². The van der Waals surface area contributed by atoms with E-state index in [-0.39, 0.29) is 5.91 Å². The van der Waals surface area contributed by atoms with E-state index in [0.717, 1.165) is 43.2 Å². The van der Waals surface area contributed by atoms with Crippen molar-refractivity contribution in [3.63, 3.8) is 0 Å². The van der Waals surface area contributed by atoms with Crippen molar-refractivity contribution in [1.82, 2.24) is 10.3 Å². The molecule has 0 bridgehead atoms. The molecule has 0 aliphatic carbocycles. The van der Waals surface area contributed by atoms with E-state index >= 15 is 0 Å². The Labute approximate surface area is 170 Å². The number of aromatic nitrogens is 1. The van der Waals surface area contributed by atoms with Crippen LogP contribution in [0.1, 0.15) is 15.9 Å². The minimum absolute atomic E-state index is 0.124. The summed E-state index contributed by atoms with van der Waals surface area (Å²) in [6.07, 6.45) is 1.65. The summed E-state index contributed by atoms with van der Waals surface area (Å²) < 4.78 is 5.46. The van der Waals surface area contributed by atoms with Gasteiger partial charge < -0.3 is 20.3 Å². The van der Waals surface area contributed by atoms with E-state index in [0.29, 0.717) is 17.9 Å². The van der Waals surface area contributed by atoms with Crippen molar-refractivity contribution < 1.29 is 9.53 Å². The van der Waals surface area contributed by atoms with Crippen LogP contribution in [-0.4, -0.2) is 37.2 Å². The van der Waals surface area contributed by atoms with Gasteiger partial charge in [0, 0.05) is 31.4 Å². The maximum absolute atomic E-state index is 12.5. The Morgan fingerprint density at radius 2 is 1.76 bits per heavy atom. The molecule has 1 fully saturated rings. The molecule has 1 aliphatic heterocycles. The van der Waals surface area contributed by atoms with Gasteiger partial charge >= 0.3 is 0 Å². The first-order valence-corrected chi connectivity index (χ1v) is 9.76. The predicted molar refractivity (Wildman–Crippen MR) is 115 cm³/mol. The number of pyridine rings is 1. The molecule has 0 saturated carbocycles. The second kappa shape index (κ2) is 9.21. The average Bonchev–Trinajstić information content (AvgIpc) is 2.79. The number of anilines is 3. The van der Waals surface area contributed by atoms with Crippen molar-refractivity contribution in [3.8, 4) is 0 Å². The van der Waals surface area contributed by atoms with Crippen LogP contribution in [0.2, 0.25) is 0 Å². The number of benzene rings is 2. The minimum atomic E-state index is -0.124. The lowest BCUT2D eigenvalue weighted by Crippen LogP contribution is -2.36. The topological polar surface area (TPSA) is 66.5 Å². The van der Waals surface area contributed by atoms with E-state index < -0.39 is 0 Å². The van der Waals surface area contributed by atoms with Crippen LogP contribution in [0.25, 0.3) is 0 Å². The van der Waals surface area contributed by atoms with Crippen LogP contribution in [0.5, 0.6) is 0 Å². The van der Waals surface area contributed by atoms with Crippen molar-refractivity contribution in [2.75, 3.05) is 36.5 Å². The molecule has 2 heterocycles. The molecule has 0 unspecified atom stereocenters. The zero-order valence-electron chi connectivity index (χ0n) is 16.2. The molecule has 148 valence electrons. The van der Waals surface area contributed by atoms with Gasteiger partial charge in [-0.25, -0.2) is 4.98 Å². The van der Waals surface area contributed by atoms with Crippen molar-refractivity contribution in [2.24, 2.45) is 0 Å². The Morgan fingerprint density at radius 1 is 1.00 bits per heavy atom. The van der Waals surface area contributed by atoms with Gasteiger partial charge in [0.1, 0.15) is 5.82 Å². The van der Waals surface area contributed by atoms with Gasteiger partial charge in [0.15, 0.2) is 0 Å². The largest absolute Gasteiger partial charge is 0.378 e. The number of para-hydroxylation sites is 2. The van der Waals surface area contributed by atoms with Gasteiger partial charge in [-0.1, -0.05) is 42.5 Å². The van der Waals surface area contributed by atoms with Crippen LogP contribution in [0.15, 0.2) is 72.9 Å². The van der Waals surface area contributed by atoms with E-state index in [1.54, 1.807) is 18.3 Å². The molecule has 0 radical (unpaired) electrons. The van der Waals surface area contributed by atoms with Gasteiger partial charge in [0.2, 0.25) is 0 Å². The fourth-order valence-electron chi connectivity index (χ4n) is 3.32. The zero-order chi connectivity index (χ0) is 19.9. The molecular weight excluding hydrogens is 364 g/mol. The molecule has 29 heavy (non-hydrogen) atoms. The normalized spacial score (nSPS) is 13.7. The smallest absolute Gasteiger partial charge is 0.251 e. The second-order valence-electron chi connectivity index (χ2n) is 6.84. The maximum Gasteiger partial charge on any atom is 0.251 e. The quantitative estimate of drug-likeness (QED) is 0.676. The van der Waals surface area contributed by atoms with Gasteiger partial charge in [-0.15, -0.1) is 0 Å². The van der Waals surface area contributed by atoms with E-state index in [1.165, 1.54) is 0 Å². The van der Waals surface area contributed by atoms with Crippen LogP contribution in [0.4, 0.5) is 17.2 Å². The Morgan fingerprint density at radius 3 is 2.59 bits per heavy atom. The van der Waals surface area contributed by atoms with Gasteiger partial charge in [-0.05, 0) is 29.8 Å². The van der Waals surface area contributed by atoms with Crippen LogP contribution in [-0.2, 0) is 11.3 Å².